The Hall–Kier alpha value is -0.770. The highest BCUT2D eigenvalue weighted by molar-refractivity contribution is 5.77. The van der Waals surface area contributed by atoms with Crippen LogP contribution in [0.5, 0.6) is 0 Å². The number of rotatable bonds is 4. The van der Waals surface area contributed by atoms with Gasteiger partial charge < -0.3 is 16.0 Å². The van der Waals surface area contributed by atoms with Crippen LogP contribution in [-0.2, 0) is 0 Å². The molecule has 1 aliphatic heterocycles. The van der Waals surface area contributed by atoms with E-state index in [-0.39, 0.29) is 0 Å². The van der Waals surface area contributed by atoms with E-state index in [0.717, 1.165) is 19.5 Å². The highest BCUT2D eigenvalue weighted by atomic mass is 15.1. The first-order valence-electron chi connectivity index (χ1n) is 6.28. The molecule has 0 aromatic heterocycles. The lowest BCUT2D eigenvalue weighted by Gasteiger charge is -2.36. The summed E-state index contributed by atoms with van der Waals surface area (Å²) < 4.78 is 0. The first-order chi connectivity index (χ1) is 7.56. The third kappa shape index (κ3) is 4.39. The maximum absolute atomic E-state index is 5.79. The summed E-state index contributed by atoms with van der Waals surface area (Å²) in [5.41, 5.74) is 6.13. The minimum Gasteiger partial charge on any atom is -0.370 e. The molecule has 0 amide bonds. The molecule has 1 saturated heterocycles. The molecule has 4 nitrogen and oxygen atoms in total. The normalized spacial score (nSPS) is 22.1. The van der Waals surface area contributed by atoms with Gasteiger partial charge in [0.15, 0.2) is 5.96 Å². The van der Waals surface area contributed by atoms with E-state index in [0.29, 0.717) is 11.4 Å². The molecule has 0 aromatic carbocycles. The van der Waals surface area contributed by atoms with E-state index in [1.165, 1.54) is 25.9 Å². The van der Waals surface area contributed by atoms with E-state index in [1.807, 2.05) is 0 Å². The average molecular weight is 226 g/mol. The molecule has 0 saturated carbocycles. The first-order valence-corrected chi connectivity index (χ1v) is 6.28. The summed E-state index contributed by atoms with van der Waals surface area (Å²) in [7, 11) is 2.18. The summed E-state index contributed by atoms with van der Waals surface area (Å²) in [6.45, 7) is 8.55. The highest BCUT2D eigenvalue weighted by Gasteiger charge is 2.28. The second-order valence-electron chi connectivity index (χ2n) is 5.24. The predicted molar refractivity (Wildman–Crippen MR) is 69.6 cm³/mol. The summed E-state index contributed by atoms with van der Waals surface area (Å²) in [4.78, 5) is 6.83. The number of hydrogen-bond donors (Lipinski definition) is 2. The van der Waals surface area contributed by atoms with Gasteiger partial charge in [0, 0.05) is 13.1 Å². The monoisotopic (exact) mass is 226 g/mol. The molecule has 1 rings (SSSR count). The smallest absolute Gasteiger partial charge is 0.188 e. The van der Waals surface area contributed by atoms with Gasteiger partial charge in [-0.15, -0.1) is 0 Å². The molecule has 1 fully saturated rings. The number of likely N-dealkylation sites (tertiary alicyclic amines) is 1. The maximum atomic E-state index is 5.79. The van der Waals surface area contributed by atoms with Crippen molar-refractivity contribution in [3.63, 3.8) is 0 Å². The van der Waals surface area contributed by atoms with Crippen molar-refractivity contribution in [1.82, 2.24) is 10.2 Å². The largest absolute Gasteiger partial charge is 0.370 e. The lowest BCUT2D eigenvalue weighted by atomic mass is 9.80. The number of nitrogens with one attached hydrogen (secondary N) is 1. The van der Waals surface area contributed by atoms with Crippen LogP contribution in [-0.4, -0.2) is 44.1 Å². The van der Waals surface area contributed by atoms with Crippen molar-refractivity contribution in [3.8, 4) is 0 Å². The molecule has 0 radical (unpaired) electrons. The number of nitrogens with two attached hydrogens (primary N) is 1. The topological polar surface area (TPSA) is 53.6 Å². The van der Waals surface area contributed by atoms with Crippen LogP contribution in [0.25, 0.3) is 0 Å². The van der Waals surface area contributed by atoms with Crippen molar-refractivity contribution in [1.29, 1.82) is 0 Å². The SMILES string of the molecule is CCCNC(N)=NCC1(C)CCN(C)CC1. The minimum absolute atomic E-state index is 0.338. The van der Waals surface area contributed by atoms with Crippen LogP contribution < -0.4 is 11.1 Å². The van der Waals surface area contributed by atoms with Crippen LogP contribution in [0.1, 0.15) is 33.1 Å². The summed E-state index contributed by atoms with van der Waals surface area (Å²) in [6, 6.07) is 0. The van der Waals surface area contributed by atoms with Crippen LogP contribution in [0.3, 0.4) is 0 Å². The van der Waals surface area contributed by atoms with E-state index in [4.69, 9.17) is 5.73 Å². The molecular formula is C12H26N4. The molecule has 3 N–H and O–H groups in total. The van der Waals surface area contributed by atoms with Crippen molar-refractivity contribution in [2.45, 2.75) is 33.1 Å². The number of guanidine groups is 1. The molecule has 16 heavy (non-hydrogen) atoms. The van der Waals surface area contributed by atoms with E-state index < -0.39 is 0 Å². The van der Waals surface area contributed by atoms with Gasteiger partial charge in [-0.2, -0.15) is 0 Å². The predicted octanol–water partition coefficient (Wildman–Crippen LogP) is 1.03. The molecule has 4 heteroatoms. The zero-order valence-electron chi connectivity index (χ0n) is 10.9. The Morgan fingerprint density at radius 1 is 1.44 bits per heavy atom. The lowest BCUT2D eigenvalue weighted by Crippen LogP contribution is -2.39. The second kappa shape index (κ2) is 6.09. The number of nitrogens with zero attached hydrogens (tertiary/aromatic N) is 2. The third-order valence-electron chi connectivity index (χ3n) is 3.38. The van der Waals surface area contributed by atoms with Gasteiger partial charge in [-0.3, -0.25) is 4.99 Å². The zero-order chi connectivity index (χ0) is 12.0. The minimum atomic E-state index is 0.338. The van der Waals surface area contributed by atoms with Crippen LogP contribution in [0.4, 0.5) is 0 Å². The molecule has 0 aliphatic carbocycles. The van der Waals surface area contributed by atoms with Crippen molar-refractivity contribution < 1.29 is 0 Å². The Morgan fingerprint density at radius 3 is 2.62 bits per heavy atom. The van der Waals surface area contributed by atoms with E-state index in [1.54, 1.807) is 0 Å². The molecule has 0 spiro atoms. The molecule has 1 aliphatic rings. The van der Waals surface area contributed by atoms with Gasteiger partial charge in [0.2, 0.25) is 0 Å². The maximum Gasteiger partial charge on any atom is 0.188 e. The average Bonchev–Trinajstić information content (AvgIpc) is 2.28. The Morgan fingerprint density at radius 2 is 2.06 bits per heavy atom. The Labute approximate surface area is 99.3 Å². The van der Waals surface area contributed by atoms with E-state index in [9.17, 15) is 0 Å². The van der Waals surface area contributed by atoms with Crippen molar-refractivity contribution in [2.24, 2.45) is 16.1 Å². The summed E-state index contributed by atoms with van der Waals surface area (Å²) in [6.07, 6.45) is 3.51. The van der Waals surface area contributed by atoms with E-state index in [2.05, 4.69) is 36.1 Å². The zero-order valence-corrected chi connectivity index (χ0v) is 10.9. The summed E-state index contributed by atoms with van der Waals surface area (Å²) in [5.74, 6) is 0.599. The van der Waals surface area contributed by atoms with Crippen molar-refractivity contribution >= 4 is 5.96 Å². The molecular weight excluding hydrogens is 200 g/mol. The molecule has 0 aromatic rings. The molecule has 94 valence electrons. The van der Waals surface area contributed by atoms with Crippen LogP contribution in [0, 0.1) is 5.41 Å². The number of piperidine rings is 1. The number of aliphatic imine (C=N–C) groups is 1. The summed E-state index contributed by atoms with van der Waals surface area (Å²) >= 11 is 0. The van der Waals surface area contributed by atoms with Crippen LogP contribution in [0.15, 0.2) is 4.99 Å². The molecule has 0 unspecified atom stereocenters. The molecule has 0 atom stereocenters. The Balaban J connectivity index is 2.35. The van der Waals surface area contributed by atoms with Gasteiger partial charge in [0.25, 0.3) is 0 Å². The van der Waals surface area contributed by atoms with Gasteiger partial charge in [-0.05, 0) is 44.8 Å². The lowest BCUT2D eigenvalue weighted by molar-refractivity contribution is 0.147. The third-order valence-corrected chi connectivity index (χ3v) is 3.38. The van der Waals surface area contributed by atoms with Gasteiger partial charge in [-0.25, -0.2) is 0 Å². The van der Waals surface area contributed by atoms with Gasteiger partial charge in [0.05, 0.1) is 0 Å². The number of hydrogen-bond acceptors (Lipinski definition) is 2. The standard InChI is InChI=1S/C12H26N4/c1-4-7-14-11(13)15-10-12(2)5-8-16(3)9-6-12/h4-10H2,1-3H3,(H3,13,14,15). The Kier molecular flexibility index (Phi) is 5.06. The van der Waals surface area contributed by atoms with Crippen LogP contribution in [0.2, 0.25) is 0 Å². The van der Waals surface area contributed by atoms with Crippen LogP contribution >= 0.6 is 0 Å². The van der Waals surface area contributed by atoms with Crippen molar-refractivity contribution in [3.05, 3.63) is 0 Å². The fraction of sp³-hybridized carbons (Fsp3) is 0.917. The fourth-order valence-corrected chi connectivity index (χ4v) is 1.90. The van der Waals surface area contributed by atoms with Gasteiger partial charge >= 0.3 is 0 Å². The highest BCUT2D eigenvalue weighted by Crippen LogP contribution is 2.30. The van der Waals surface area contributed by atoms with Gasteiger partial charge in [0.1, 0.15) is 0 Å². The quantitative estimate of drug-likeness (QED) is 0.556. The molecule has 0 bridgehead atoms. The molecule has 1 heterocycles. The summed E-state index contributed by atoms with van der Waals surface area (Å²) in [5, 5.41) is 3.12. The second-order valence-corrected chi connectivity index (χ2v) is 5.24. The van der Waals surface area contributed by atoms with E-state index >= 15 is 0 Å². The fourth-order valence-electron chi connectivity index (χ4n) is 1.90. The Bertz CT molecular complexity index is 229. The first kappa shape index (κ1) is 13.3. The van der Waals surface area contributed by atoms with Crippen molar-refractivity contribution in [2.75, 3.05) is 33.2 Å². The van der Waals surface area contributed by atoms with Gasteiger partial charge in [-0.1, -0.05) is 13.8 Å².